The molecule has 0 atom stereocenters. The Morgan fingerprint density at radius 3 is 2.95 bits per heavy atom. The van der Waals surface area contributed by atoms with Crippen LogP contribution in [0.4, 0.5) is 0 Å². The normalized spacial score (nSPS) is 10.9. The molecular formula is C15H15N3O2. The van der Waals surface area contributed by atoms with E-state index in [2.05, 4.69) is 10.1 Å². The van der Waals surface area contributed by atoms with E-state index in [0.29, 0.717) is 17.2 Å². The third-order valence-electron chi connectivity index (χ3n) is 3.24. The summed E-state index contributed by atoms with van der Waals surface area (Å²) in [6, 6.07) is 9.61. The number of fused-ring (bicyclic) bond motifs is 1. The summed E-state index contributed by atoms with van der Waals surface area (Å²) in [7, 11) is 1.79. The van der Waals surface area contributed by atoms with Crippen molar-refractivity contribution >= 4 is 10.9 Å². The molecule has 0 saturated heterocycles. The van der Waals surface area contributed by atoms with Crippen LogP contribution < -0.4 is 4.74 Å². The van der Waals surface area contributed by atoms with Crippen molar-refractivity contribution in [2.45, 2.75) is 13.5 Å². The summed E-state index contributed by atoms with van der Waals surface area (Å²) >= 11 is 0. The average Bonchev–Trinajstić information content (AvgIpc) is 2.72. The molecule has 0 radical (unpaired) electrons. The molecule has 0 spiro atoms. The van der Waals surface area contributed by atoms with Crippen molar-refractivity contribution in [1.29, 1.82) is 0 Å². The van der Waals surface area contributed by atoms with Gasteiger partial charge in [0.05, 0.1) is 23.4 Å². The van der Waals surface area contributed by atoms with Crippen molar-refractivity contribution < 1.29 is 9.84 Å². The predicted octanol–water partition coefficient (Wildman–Crippen LogP) is 2.56. The highest BCUT2D eigenvalue weighted by Crippen LogP contribution is 2.28. The van der Waals surface area contributed by atoms with Crippen LogP contribution in [0.2, 0.25) is 0 Å². The van der Waals surface area contributed by atoms with Crippen molar-refractivity contribution in [1.82, 2.24) is 14.8 Å². The van der Waals surface area contributed by atoms with Crippen LogP contribution in [-0.4, -0.2) is 19.9 Å². The number of hydrogen-bond acceptors (Lipinski definition) is 4. The van der Waals surface area contributed by atoms with E-state index in [-0.39, 0.29) is 6.61 Å². The van der Waals surface area contributed by atoms with Gasteiger partial charge in [0.1, 0.15) is 5.75 Å². The van der Waals surface area contributed by atoms with Gasteiger partial charge in [-0.15, -0.1) is 0 Å². The van der Waals surface area contributed by atoms with E-state index in [1.807, 2.05) is 37.3 Å². The first-order valence-corrected chi connectivity index (χ1v) is 6.35. The molecule has 2 aromatic heterocycles. The molecule has 3 aromatic rings. The van der Waals surface area contributed by atoms with Crippen LogP contribution in [0.5, 0.6) is 11.6 Å². The van der Waals surface area contributed by atoms with Crippen molar-refractivity contribution in [2.24, 2.45) is 7.05 Å². The van der Waals surface area contributed by atoms with Crippen LogP contribution in [0.15, 0.2) is 36.5 Å². The van der Waals surface area contributed by atoms with E-state index in [4.69, 9.17) is 4.74 Å². The lowest BCUT2D eigenvalue weighted by atomic mass is 10.2. The molecule has 5 heteroatoms. The number of aryl methyl sites for hydroxylation is 2. The summed E-state index contributed by atoms with van der Waals surface area (Å²) in [5.41, 5.74) is 2.34. The highest BCUT2D eigenvalue weighted by molar-refractivity contribution is 5.79. The van der Waals surface area contributed by atoms with E-state index < -0.39 is 0 Å². The second-order valence-corrected chi connectivity index (χ2v) is 4.61. The van der Waals surface area contributed by atoms with Crippen molar-refractivity contribution in [3.8, 4) is 11.6 Å². The van der Waals surface area contributed by atoms with Gasteiger partial charge in [-0.2, -0.15) is 5.10 Å². The third-order valence-corrected chi connectivity index (χ3v) is 3.24. The van der Waals surface area contributed by atoms with Crippen molar-refractivity contribution in [3.05, 3.63) is 47.8 Å². The maximum Gasteiger partial charge on any atom is 0.223 e. The zero-order valence-electron chi connectivity index (χ0n) is 11.4. The molecule has 5 nitrogen and oxygen atoms in total. The Morgan fingerprint density at radius 1 is 1.30 bits per heavy atom. The predicted molar refractivity (Wildman–Crippen MR) is 75.7 cm³/mol. The number of pyridine rings is 1. The molecule has 0 unspecified atom stereocenters. The molecule has 0 amide bonds. The summed E-state index contributed by atoms with van der Waals surface area (Å²) in [6.07, 6.45) is 1.75. The number of aliphatic hydroxyl groups is 1. The molecule has 20 heavy (non-hydrogen) atoms. The number of aromatic nitrogens is 3. The smallest absolute Gasteiger partial charge is 0.223 e. The molecule has 0 fully saturated rings. The number of ether oxygens (including phenoxy) is 1. The topological polar surface area (TPSA) is 60.2 Å². The molecular weight excluding hydrogens is 254 g/mol. The first-order valence-electron chi connectivity index (χ1n) is 6.35. The van der Waals surface area contributed by atoms with Crippen LogP contribution in [-0.2, 0) is 13.7 Å². The molecule has 1 aromatic carbocycles. The van der Waals surface area contributed by atoms with Gasteiger partial charge in [-0.3, -0.25) is 4.98 Å². The Labute approximate surface area is 116 Å². The standard InChI is InChI=1S/C15H15N3O2/c1-10-13(9-19)15(18(2)17-10)20-12-6-5-11-4-3-7-16-14(11)8-12/h3-8,19H,9H2,1-2H3. The van der Waals surface area contributed by atoms with Crippen molar-refractivity contribution in [3.63, 3.8) is 0 Å². The molecule has 0 aliphatic carbocycles. The molecule has 0 aliphatic heterocycles. The molecule has 0 bridgehead atoms. The van der Waals surface area contributed by atoms with Gasteiger partial charge in [-0.05, 0) is 25.1 Å². The fourth-order valence-electron chi connectivity index (χ4n) is 2.21. The van der Waals surface area contributed by atoms with Crippen LogP contribution in [0.25, 0.3) is 10.9 Å². The lowest BCUT2D eigenvalue weighted by Gasteiger charge is -2.08. The van der Waals surface area contributed by atoms with Crippen LogP contribution in [0, 0.1) is 6.92 Å². The number of rotatable bonds is 3. The zero-order chi connectivity index (χ0) is 14.1. The first kappa shape index (κ1) is 12.6. The second-order valence-electron chi connectivity index (χ2n) is 4.61. The van der Waals surface area contributed by atoms with Crippen LogP contribution >= 0.6 is 0 Å². The molecule has 0 aliphatic rings. The Hall–Kier alpha value is -2.40. The van der Waals surface area contributed by atoms with E-state index in [1.54, 1.807) is 17.9 Å². The molecule has 0 saturated carbocycles. The molecule has 102 valence electrons. The Balaban J connectivity index is 2.01. The van der Waals surface area contributed by atoms with Crippen LogP contribution in [0.3, 0.4) is 0 Å². The fourth-order valence-corrected chi connectivity index (χ4v) is 2.21. The lowest BCUT2D eigenvalue weighted by molar-refractivity contribution is 0.274. The third kappa shape index (κ3) is 2.12. The summed E-state index contributed by atoms with van der Waals surface area (Å²) in [6.45, 7) is 1.75. The van der Waals surface area contributed by atoms with Crippen LogP contribution in [0.1, 0.15) is 11.3 Å². The zero-order valence-corrected chi connectivity index (χ0v) is 11.4. The van der Waals surface area contributed by atoms with Gasteiger partial charge in [-0.25, -0.2) is 4.68 Å². The lowest BCUT2D eigenvalue weighted by Crippen LogP contribution is -1.97. The molecule has 3 rings (SSSR count). The number of hydrogen-bond donors (Lipinski definition) is 1. The van der Waals surface area contributed by atoms with Gasteiger partial charge in [0, 0.05) is 24.7 Å². The van der Waals surface area contributed by atoms with E-state index in [9.17, 15) is 5.11 Å². The van der Waals surface area contributed by atoms with E-state index in [1.165, 1.54) is 0 Å². The quantitative estimate of drug-likeness (QED) is 0.793. The van der Waals surface area contributed by atoms with E-state index in [0.717, 1.165) is 16.6 Å². The monoisotopic (exact) mass is 269 g/mol. The summed E-state index contributed by atoms with van der Waals surface area (Å²) < 4.78 is 7.49. The second kappa shape index (κ2) is 4.94. The van der Waals surface area contributed by atoms with Gasteiger partial charge in [0.2, 0.25) is 5.88 Å². The minimum absolute atomic E-state index is 0.0964. The fraction of sp³-hybridized carbons (Fsp3) is 0.200. The SMILES string of the molecule is Cc1nn(C)c(Oc2ccc3cccnc3c2)c1CO. The van der Waals surface area contributed by atoms with Gasteiger partial charge in [-0.1, -0.05) is 6.07 Å². The largest absolute Gasteiger partial charge is 0.439 e. The number of nitrogens with zero attached hydrogens (tertiary/aromatic N) is 3. The van der Waals surface area contributed by atoms with Gasteiger partial charge in [0.25, 0.3) is 0 Å². The summed E-state index contributed by atoms with van der Waals surface area (Å²) in [5, 5.41) is 14.7. The van der Waals surface area contributed by atoms with Gasteiger partial charge >= 0.3 is 0 Å². The maximum atomic E-state index is 9.42. The molecule has 1 N–H and O–H groups in total. The van der Waals surface area contributed by atoms with Crippen molar-refractivity contribution in [2.75, 3.05) is 0 Å². The minimum Gasteiger partial charge on any atom is -0.439 e. The molecule has 2 heterocycles. The Morgan fingerprint density at radius 2 is 2.15 bits per heavy atom. The number of benzene rings is 1. The maximum absolute atomic E-state index is 9.42. The van der Waals surface area contributed by atoms with Gasteiger partial charge < -0.3 is 9.84 Å². The van der Waals surface area contributed by atoms with E-state index >= 15 is 0 Å². The summed E-state index contributed by atoms with van der Waals surface area (Å²) in [5.74, 6) is 1.23. The Kier molecular flexibility index (Phi) is 3.12. The average molecular weight is 269 g/mol. The summed E-state index contributed by atoms with van der Waals surface area (Å²) in [4.78, 5) is 4.30. The minimum atomic E-state index is -0.0964. The van der Waals surface area contributed by atoms with Gasteiger partial charge in [0.15, 0.2) is 0 Å². The Bertz CT molecular complexity index is 765. The highest BCUT2D eigenvalue weighted by atomic mass is 16.5. The number of aliphatic hydroxyl groups excluding tert-OH is 1. The first-order chi connectivity index (χ1) is 9.69. The highest BCUT2D eigenvalue weighted by Gasteiger charge is 2.14.